The van der Waals surface area contributed by atoms with E-state index in [1.165, 1.54) is 0 Å². The first-order valence-corrected chi connectivity index (χ1v) is 37.2. The highest BCUT2D eigenvalue weighted by atomic mass is 16.8. The molecule has 0 aromatic heterocycles. The predicted octanol–water partition coefficient (Wildman–Crippen LogP) is -22.5. The van der Waals surface area contributed by atoms with E-state index in [1.54, 1.807) is 0 Å². The summed E-state index contributed by atoms with van der Waals surface area (Å²) in [4.78, 5) is 25.2. The predicted molar refractivity (Wildman–Crippen MR) is 353 cm³/mol. The largest absolute Gasteiger partial charge is 0.394 e. The van der Waals surface area contributed by atoms with Crippen molar-refractivity contribution in [3.05, 3.63) is 0 Å². The smallest absolute Gasteiger partial charge is 0.217 e. The molecular formula is C64H108N2O51. The number of ether oxygens (including phenoxy) is 19. The van der Waals surface area contributed by atoms with Crippen molar-refractivity contribution >= 4 is 11.8 Å². The van der Waals surface area contributed by atoms with Crippen LogP contribution >= 0.6 is 0 Å². The standard InChI is InChI=1S/C64H108N2O51/c1-13(75)65-25-35(85)48(21(9-73)101-55(25)98)111-56-26(66-14(2)76)36(86)49(22(10-74)108-56)112-61-47(97)51(34(84)24(109-61)12-99-57-43(93)37(87)27(77)15(3-67)102-57)114-64-54(42(92)32(82)23(110-64)11-100-62-52(40(90)30(80)18(6-70)106-62)115-59-45(95)39(89)29(79)17(5-69)104-59)117-63-53(41(91)31(81)19(7-71)107-63)116-60-46(96)50(33(83)20(8-72)105-60)113-58-44(94)38(88)28(78)16(4-68)103-58/h15-64,67-74,77-98H,3-12H2,1-2H3,(H,65,75)(H,66,76)/t15-,16-,17-,18-,19-,20-,21-,22-,23-,24-,25-,26-,27-,28-,29-,30-,31-,32-,33-,34-,35-,36-,37+,38+,39+,40+,41+,42+,43+,44-,45+,46+,47+,48-,49-,50+,51+,52+,53+,54+,55?,56+,57+,58-,59-,60-,61+,62+,63-,64-/m1/s1. The van der Waals surface area contributed by atoms with Crippen LogP contribution in [0.2, 0.25) is 0 Å². The van der Waals surface area contributed by atoms with Gasteiger partial charge in [-0.05, 0) is 0 Å². The lowest BCUT2D eigenvalue weighted by atomic mass is 9.94. The van der Waals surface area contributed by atoms with Crippen LogP contribution in [0.1, 0.15) is 13.8 Å². The first kappa shape index (κ1) is 96.2. The molecule has 0 radical (unpaired) electrons. The van der Waals surface area contributed by atoms with Gasteiger partial charge >= 0.3 is 0 Å². The summed E-state index contributed by atoms with van der Waals surface area (Å²) in [5.41, 5.74) is 0. The van der Waals surface area contributed by atoms with Crippen molar-refractivity contribution in [3.8, 4) is 0 Å². The number of rotatable bonds is 30. The average Bonchev–Trinajstić information content (AvgIpc) is 0.764. The van der Waals surface area contributed by atoms with Gasteiger partial charge in [-0.15, -0.1) is 0 Å². The lowest BCUT2D eigenvalue weighted by molar-refractivity contribution is -0.413. The molecule has 0 saturated carbocycles. The van der Waals surface area contributed by atoms with Gasteiger partial charge in [-0.25, -0.2) is 0 Å². The molecule has 10 aliphatic rings. The van der Waals surface area contributed by atoms with E-state index < -0.39 is 385 Å². The summed E-state index contributed by atoms with van der Waals surface area (Å²) in [6.07, 6.45) is -104. The van der Waals surface area contributed by atoms with E-state index in [1.807, 2.05) is 0 Å². The number of aliphatic hydroxyl groups is 30. The molecule has 0 aromatic carbocycles. The van der Waals surface area contributed by atoms with Crippen molar-refractivity contribution in [2.75, 3.05) is 66.1 Å². The highest BCUT2D eigenvalue weighted by Crippen LogP contribution is 2.41. The number of carbonyl (C=O) groups is 2. The molecule has 10 rings (SSSR count). The molecule has 117 heavy (non-hydrogen) atoms. The number of aliphatic hydroxyl groups excluding tert-OH is 30. The van der Waals surface area contributed by atoms with Gasteiger partial charge in [0.2, 0.25) is 11.8 Å². The maximum absolute atomic E-state index is 13.0. The molecule has 0 spiro atoms. The monoisotopic (exact) mass is 1720 g/mol. The molecule has 10 aliphatic heterocycles. The number of nitrogens with one attached hydrogen (secondary N) is 2. The van der Waals surface area contributed by atoms with Gasteiger partial charge in [0.1, 0.15) is 244 Å². The molecule has 0 aliphatic carbocycles. The Morgan fingerprint density at radius 1 is 0.222 bits per heavy atom. The van der Waals surface area contributed by atoms with Gasteiger partial charge in [0.05, 0.1) is 66.1 Å². The van der Waals surface area contributed by atoms with Crippen LogP contribution < -0.4 is 10.6 Å². The van der Waals surface area contributed by atoms with Gasteiger partial charge in [-0.1, -0.05) is 0 Å². The second kappa shape index (κ2) is 41.9. The van der Waals surface area contributed by atoms with Crippen LogP contribution in [0.5, 0.6) is 0 Å². The highest BCUT2D eigenvalue weighted by Gasteiger charge is 2.62. The maximum atomic E-state index is 13.0. The highest BCUT2D eigenvalue weighted by molar-refractivity contribution is 5.73. The van der Waals surface area contributed by atoms with Gasteiger partial charge in [0.15, 0.2) is 62.9 Å². The number of hydrogen-bond donors (Lipinski definition) is 32. The SMILES string of the molecule is CC(=O)N[C@H]1[C@H](O[C@H]2[C@H](O)[C@@H](NC(C)=O)C(O)O[C@@H]2CO)O[C@H](CO)[C@@H](O[C@@H]2O[C@H](CO[C@H]3O[C@H](CO)[C@@H](O)[C@H](O)[C@@H]3O)[C@@H](O)[C@H](O[C@H]3O[C@H](CO[C@H]4O[C@H](CO)[C@@H](O)[C@H](O)[C@@H]4O[C@H]4O[C@H](CO)[C@@H](O)[C@H](O)[C@@H]4O)[C@@H](O)[C@H](O)[C@@H]3O[C@H]3O[C@H](CO)[C@@H](O)[C@H](O)[C@@H]3O[C@H]3O[C@H](CO)[C@@H](O)[C@H](O[C@H]4O[C@H](CO)[C@@H](O)[C@H](O)[C@H]4O)[C@@H]3O)[C@@H]2O)[C@@H]1O. The first-order valence-electron chi connectivity index (χ1n) is 37.2. The Balaban J connectivity index is 1.01. The van der Waals surface area contributed by atoms with Crippen molar-refractivity contribution < 1.29 is 253 Å². The fraction of sp³-hybridized carbons (Fsp3) is 0.969. The quantitative estimate of drug-likeness (QED) is 0.0318. The summed E-state index contributed by atoms with van der Waals surface area (Å²) in [6, 6.07) is -3.62. The van der Waals surface area contributed by atoms with Crippen molar-refractivity contribution in [2.45, 2.75) is 321 Å². The Kier molecular flexibility index (Phi) is 34.4. The molecular weight excluding hydrogens is 1610 g/mol. The minimum absolute atomic E-state index is 0.801. The second-order valence-electron chi connectivity index (χ2n) is 29.5. The third-order valence-corrected chi connectivity index (χ3v) is 21.7. The molecule has 10 saturated heterocycles. The third kappa shape index (κ3) is 20.7. The van der Waals surface area contributed by atoms with Crippen LogP contribution in [0, 0.1) is 0 Å². The third-order valence-electron chi connectivity index (χ3n) is 21.7. The fourth-order valence-corrected chi connectivity index (χ4v) is 15.0. The minimum atomic E-state index is -2.67. The summed E-state index contributed by atoms with van der Waals surface area (Å²) < 4.78 is 111. The molecule has 50 atom stereocenters. The molecule has 53 heteroatoms. The van der Waals surface area contributed by atoms with E-state index in [0.717, 1.165) is 13.8 Å². The fourth-order valence-electron chi connectivity index (χ4n) is 15.0. The van der Waals surface area contributed by atoms with Crippen LogP contribution in [-0.4, -0.2) is 538 Å². The molecule has 10 fully saturated rings. The topological polar surface area (TPSA) is 840 Å². The number of amides is 2. The summed E-state index contributed by atoms with van der Waals surface area (Å²) in [6.45, 7) is -9.25. The Morgan fingerprint density at radius 2 is 0.470 bits per heavy atom. The molecule has 2 amide bonds. The van der Waals surface area contributed by atoms with Gasteiger partial charge < -0.3 is 254 Å². The van der Waals surface area contributed by atoms with E-state index in [-0.39, 0.29) is 0 Å². The Labute approximate surface area is 660 Å². The summed E-state index contributed by atoms with van der Waals surface area (Å²) >= 11 is 0. The van der Waals surface area contributed by atoms with Crippen LogP contribution in [0.4, 0.5) is 0 Å². The molecule has 10 heterocycles. The van der Waals surface area contributed by atoms with Gasteiger partial charge in [-0.3, -0.25) is 9.59 Å². The Hall–Kier alpha value is -3.02. The zero-order valence-electron chi connectivity index (χ0n) is 61.9. The lowest BCUT2D eigenvalue weighted by Crippen LogP contribution is -2.70. The zero-order valence-corrected chi connectivity index (χ0v) is 61.9. The van der Waals surface area contributed by atoms with Gasteiger partial charge in [-0.2, -0.15) is 0 Å². The molecule has 53 nitrogen and oxygen atoms in total. The van der Waals surface area contributed by atoms with Crippen LogP contribution in [-0.2, 0) is 99.6 Å². The van der Waals surface area contributed by atoms with Gasteiger partial charge in [0, 0.05) is 13.8 Å². The van der Waals surface area contributed by atoms with Crippen molar-refractivity contribution in [1.29, 1.82) is 0 Å². The summed E-state index contributed by atoms with van der Waals surface area (Å²) in [5.74, 6) is -1.76. The van der Waals surface area contributed by atoms with E-state index >= 15 is 0 Å². The van der Waals surface area contributed by atoms with Crippen molar-refractivity contribution in [2.24, 2.45) is 0 Å². The molecule has 1 unspecified atom stereocenters. The molecule has 680 valence electrons. The summed E-state index contributed by atoms with van der Waals surface area (Å²) in [7, 11) is 0. The molecule has 0 bridgehead atoms. The zero-order chi connectivity index (χ0) is 85.9. The van der Waals surface area contributed by atoms with Crippen molar-refractivity contribution in [1.82, 2.24) is 10.6 Å². The van der Waals surface area contributed by atoms with E-state index in [9.17, 15) is 163 Å². The van der Waals surface area contributed by atoms with Crippen molar-refractivity contribution in [3.63, 3.8) is 0 Å². The maximum Gasteiger partial charge on any atom is 0.217 e. The Bertz CT molecular complexity index is 3050. The average molecular weight is 1720 g/mol. The molecule has 32 N–H and O–H groups in total. The lowest BCUT2D eigenvalue weighted by Gasteiger charge is -2.51. The minimum Gasteiger partial charge on any atom is -0.394 e. The van der Waals surface area contributed by atoms with E-state index in [2.05, 4.69) is 10.6 Å². The number of carbonyl (C=O) groups excluding carboxylic acids is 2. The van der Waals surface area contributed by atoms with Crippen LogP contribution in [0.15, 0.2) is 0 Å². The van der Waals surface area contributed by atoms with Crippen LogP contribution in [0.25, 0.3) is 0 Å². The van der Waals surface area contributed by atoms with E-state index in [0.29, 0.717) is 0 Å². The Morgan fingerprint density at radius 3 is 0.897 bits per heavy atom. The van der Waals surface area contributed by atoms with Gasteiger partial charge in [0.25, 0.3) is 0 Å². The summed E-state index contributed by atoms with van der Waals surface area (Å²) in [5, 5.41) is 337. The normalized spacial score (nSPS) is 51.5. The second-order valence-corrected chi connectivity index (χ2v) is 29.5. The van der Waals surface area contributed by atoms with Crippen LogP contribution in [0.3, 0.4) is 0 Å². The van der Waals surface area contributed by atoms with E-state index in [4.69, 9.17) is 90.0 Å². The first-order chi connectivity index (χ1) is 55.4. The number of hydrogen-bond acceptors (Lipinski definition) is 51. The molecule has 0 aromatic rings.